The van der Waals surface area contributed by atoms with Gasteiger partial charge in [0.2, 0.25) is 0 Å². The fourth-order valence-corrected chi connectivity index (χ4v) is 7.70. The van der Waals surface area contributed by atoms with E-state index in [2.05, 4.69) is 27.7 Å². The molecule has 0 saturated heterocycles. The molecule has 0 bridgehead atoms. The summed E-state index contributed by atoms with van der Waals surface area (Å²) in [5.74, 6) is -0.496. The molecule has 2 unspecified atom stereocenters. The van der Waals surface area contributed by atoms with E-state index in [9.17, 15) is 9.90 Å². The summed E-state index contributed by atoms with van der Waals surface area (Å²) in [7, 11) is 0. The molecule has 0 saturated carbocycles. The van der Waals surface area contributed by atoms with Crippen molar-refractivity contribution in [1.29, 1.82) is 0 Å². The van der Waals surface area contributed by atoms with Crippen LogP contribution >= 0.6 is 0 Å². The highest BCUT2D eigenvalue weighted by Crippen LogP contribution is 2.42. The molecule has 0 radical (unpaired) electrons. The van der Waals surface area contributed by atoms with E-state index in [0.29, 0.717) is 0 Å². The van der Waals surface area contributed by atoms with Gasteiger partial charge in [-0.2, -0.15) is 0 Å². The van der Waals surface area contributed by atoms with Gasteiger partial charge >= 0.3 is 0 Å². The van der Waals surface area contributed by atoms with Gasteiger partial charge in [0, 0.05) is 11.4 Å². The Bertz CT molecular complexity index is 579. The third-order valence-corrected chi connectivity index (χ3v) is 10.9. The van der Waals surface area contributed by atoms with Gasteiger partial charge in [-0.25, -0.2) is 0 Å². The lowest BCUT2D eigenvalue weighted by Crippen LogP contribution is -2.47. The van der Waals surface area contributed by atoms with Crippen molar-refractivity contribution in [2.75, 3.05) is 0 Å². The van der Waals surface area contributed by atoms with Crippen molar-refractivity contribution in [3.63, 3.8) is 0 Å². The van der Waals surface area contributed by atoms with Crippen molar-refractivity contribution in [3.8, 4) is 0 Å². The van der Waals surface area contributed by atoms with Crippen molar-refractivity contribution in [1.82, 2.24) is 6.15 Å². The summed E-state index contributed by atoms with van der Waals surface area (Å²) in [6.07, 6.45) is 46.0. The average Bonchev–Trinajstić information content (AvgIpc) is 3.03. The maximum atomic E-state index is 12.5. The number of carbonyl (C=O) groups excluding carboxylic acids is 1. The number of quaternary nitrogens is 1. The lowest BCUT2D eigenvalue weighted by atomic mass is 9.67. The molecular formula is C42H87NO2. The van der Waals surface area contributed by atoms with Crippen LogP contribution in [-0.4, -0.2) is 5.97 Å². The molecule has 0 aliphatic carbocycles. The summed E-state index contributed by atoms with van der Waals surface area (Å²) in [5.41, 5.74) is -0.610. The molecule has 272 valence electrons. The molecule has 0 aliphatic rings. The van der Waals surface area contributed by atoms with Crippen LogP contribution < -0.4 is 11.3 Å². The van der Waals surface area contributed by atoms with E-state index in [4.69, 9.17) is 0 Å². The second-order valence-corrected chi connectivity index (χ2v) is 14.7. The molecule has 2 atom stereocenters. The smallest absolute Gasteiger partial charge is 0.0478 e. The summed E-state index contributed by atoms with van der Waals surface area (Å²) in [5, 5.41) is 12.5. The van der Waals surface area contributed by atoms with Crippen molar-refractivity contribution < 1.29 is 9.90 Å². The van der Waals surface area contributed by atoms with Crippen LogP contribution in [0.1, 0.15) is 252 Å². The van der Waals surface area contributed by atoms with Gasteiger partial charge in [-0.1, -0.05) is 233 Å². The lowest BCUT2D eigenvalue weighted by molar-refractivity contribution is -0.323. The van der Waals surface area contributed by atoms with E-state index in [0.717, 1.165) is 32.1 Å². The minimum absolute atomic E-state index is 0. The predicted octanol–water partition coefficient (Wildman–Crippen LogP) is 14.4. The fraction of sp³-hybridized carbons (Fsp3) is 0.976. The van der Waals surface area contributed by atoms with Crippen molar-refractivity contribution in [2.45, 2.75) is 252 Å². The van der Waals surface area contributed by atoms with E-state index in [-0.39, 0.29) is 12.1 Å². The molecule has 0 amide bonds. The lowest BCUT2D eigenvalue weighted by Gasteiger charge is -2.41. The quantitative estimate of drug-likeness (QED) is 0.0688. The minimum Gasteiger partial charge on any atom is -0.550 e. The first-order valence-electron chi connectivity index (χ1n) is 20.8. The van der Waals surface area contributed by atoms with Gasteiger partial charge in [-0.05, 0) is 25.2 Å². The van der Waals surface area contributed by atoms with E-state index in [1.165, 1.54) is 193 Å². The molecule has 0 fully saturated rings. The maximum absolute atomic E-state index is 12.5. The molecule has 0 heterocycles. The number of carboxylic acid groups (broad SMARTS) is 1. The zero-order valence-electron chi connectivity index (χ0n) is 32.1. The standard InChI is InChI=1S/C42H84O2.H3N/c1-5-9-11-13-15-17-19-21-22-23-24-25-27-29-31-33-35-37-39-42(8-4,41(43)44)40(7-3)38-36-34-32-30-28-26-20-18-16-14-12-10-6-2;/h40H,5-39H2,1-4H3,(H,43,44);1H3. The van der Waals surface area contributed by atoms with Crippen molar-refractivity contribution >= 4 is 5.97 Å². The second-order valence-electron chi connectivity index (χ2n) is 14.7. The van der Waals surface area contributed by atoms with Gasteiger partial charge in [0.25, 0.3) is 0 Å². The number of carboxylic acids is 1. The monoisotopic (exact) mass is 638 g/mol. The van der Waals surface area contributed by atoms with Crippen LogP contribution in [-0.2, 0) is 4.79 Å². The molecule has 0 aromatic heterocycles. The average molecular weight is 638 g/mol. The molecule has 0 aromatic carbocycles. The van der Waals surface area contributed by atoms with E-state index < -0.39 is 11.4 Å². The third-order valence-electron chi connectivity index (χ3n) is 10.9. The first kappa shape index (κ1) is 46.5. The topological polar surface area (TPSA) is 76.6 Å². The predicted molar refractivity (Wildman–Crippen MR) is 201 cm³/mol. The summed E-state index contributed by atoms with van der Waals surface area (Å²) in [6, 6.07) is 0. The van der Waals surface area contributed by atoms with Crippen LogP contribution in [0, 0.1) is 11.3 Å². The molecule has 0 aromatic rings. The SMILES string of the molecule is CCCCCCCCCCCCCCCCCCCCC(CC)(C(=O)[O-])C(CC)CCCCCCCCCCCCCCC.[NH4+]. The summed E-state index contributed by atoms with van der Waals surface area (Å²) >= 11 is 0. The van der Waals surface area contributed by atoms with Crippen molar-refractivity contribution in [3.05, 3.63) is 0 Å². The fourth-order valence-electron chi connectivity index (χ4n) is 7.70. The summed E-state index contributed by atoms with van der Waals surface area (Å²) in [4.78, 5) is 12.5. The van der Waals surface area contributed by atoms with Gasteiger partial charge in [0.15, 0.2) is 0 Å². The molecule has 3 heteroatoms. The Morgan fingerprint density at radius 2 is 0.711 bits per heavy atom. The largest absolute Gasteiger partial charge is 0.550 e. The highest BCUT2D eigenvalue weighted by molar-refractivity contribution is 5.72. The molecule has 4 N–H and O–H groups in total. The second kappa shape index (κ2) is 36.3. The normalized spacial score (nSPS) is 13.4. The van der Waals surface area contributed by atoms with Crippen LogP contribution in [0.25, 0.3) is 0 Å². The Morgan fingerprint density at radius 1 is 0.444 bits per heavy atom. The van der Waals surface area contributed by atoms with Gasteiger partial charge < -0.3 is 16.1 Å². The van der Waals surface area contributed by atoms with Crippen LogP contribution in [0.5, 0.6) is 0 Å². The van der Waals surface area contributed by atoms with Gasteiger partial charge in [0.1, 0.15) is 0 Å². The van der Waals surface area contributed by atoms with Crippen LogP contribution in [0.3, 0.4) is 0 Å². The highest BCUT2D eigenvalue weighted by atomic mass is 16.4. The zero-order valence-corrected chi connectivity index (χ0v) is 32.1. The number of unbranched alkanes of at least 4 members (excludes halogenated alkanes) is 29. The Balaban J connectivity index is 0. The number of hydrogen-bond donors (Lipinski definition) is 1. The third kappa shape index (κ3) is 27.1. The van der Waals surface area contributed by atoms with E-state index >= 15 is 0 Å². The Morgan fingerprint density at radius 3 is 0.956 bits per heavy atom. The first-order chi connectivity index (χ1) is 21.6. The molecular weight excluding hydrogens is 550 g/mol. The zero-order chi connectivity index (χ0) is 32.4. The van der Waals surface area contributed by atoms with Gasteiger partial charge in [-0.15, -0.1) is 0 Å². The number of hydrogen-bond acceptors (Lipinski definition) is 2. The van der Waals surface area contributed by atoms with Gasteiger partial charge in [0.05, 0.1) is 0 Å². The van der Waals surface area contributed by atoms with Crippen LogP contribution in [0.4, 0.5) is 0 Å². The molecule has 3 nitrogen and oxygen atoms in total. The summed E-state index contributed by atoms with van der Waals surface area (Å²) < 4.78 is 0. The number of aliphatic carboxylic acids is 1. The van der Waals surface area contributed by atoms with Crippen molar-refractivity contribution in [2.24, 2.45) is 11.3 Å². The summed E-state index contributed by atoms with van der Waals surface area (Å²) in [6.45, 7) is 8.88. The van der Waals surface area contributed by atoms with E-state index in [1.54, 1.807) is 0 Å². The number of rotatable bonds is 37. The molecule has 0 spiro atoms. The Labute approximate surface area is 285 Å². The molecule has 45 heavy (non-hydrogen) atoms. The molecule has 0 aliphatic heterocycles. The van der Waals surface area contributed by atoms with Crippen LogP contribution in [0.15, 0.2) is 0 Å². The Hall–Kier alpha value is -0.570. The molecule has 0 rings (SSSR count). The highest BCUT2D eigenvalue weighted by Gasteiger charge is 2.36. The van der Waals surface area contributed by atoms with Crippen LogP contribution in [0.2, 0.25) is 0 Å². The van der Waals surface area contributed by atoms with Gasteiger partial charge in [-0.3, -0.25) is 0 Å². The maximum Gasteiger partial charge on any atom is 0.0478 e. The van der Waals surface area contributed by atoms with E-state index in [1.807, 2.05) is 0 Å². The minimum atomic E-state index is -0.770. The number of carbonyl (C=O) groups is 1. The Kier molecular flexibility index (Phi) is 37.5. The first-order valence-corrected chi connectivity index (χ1v) is 20.8.